The lowest BCUT2D eigenvalue weighted by molar-refractivity contribution is -0.773. The highest BCUT2D eigenvalue weighted by molar-refractivity contribution is 5.90. The summed E-state index contributed by atoms with van der Waals surface area (Å²) in [5.41, 5.74) is 4.07. The maximum absolute atomic E-state index is 11.8. The lowest BCUT2D eigenvalue weighted by atomic mass is 10.4. The third-order valence-electron chi connectivity index (χ3n) is 2.74. The third kappa shape index (κ3) is 5.65. The molecular formula is C14H18N3O9+. The van der Waals surface area contributed by atoms with Crippen LogP contribution in [-0.4, -0.2) is 38.6 Å². The van der Waals surface area contributed by atoms with Crippen LogP contribution in [0.25, 0.3) is 0 Å². The van der Waals surface area contributed by atoms with Crippen LogP contribution in [0.1, 0.15) is 22.6 Å². The fourth-order valence-electron chi connectivity index (χ4n) is 1.66. The van der Waals surface area contributed by atoms with Crippen molar-refractivity contribution in [1.29, 1.82) is 0 Å². The van der Waals surface area contributed by atoms with Gasteiger partial charge in [-0.1, -0.05) is 4.94 Å². The van der Waals surface area contributed by atoms with E-state index in [1.165, 1.54) is 44.7 Å². The van der Waals surface area contributed by atoms with Crippen LogP contribution in [-0.2, 0) is 23.9 Å². The molecule has 0 bridgehead atoms. The van der Waals surface area contributed by atoms with Gasteiger partial charge in [-0.2, -0.15) is 0 Å². The number of nitrogens with zero attached hydrogens (tertiary/aromatic N) is 1. The zero-order valence-corrected chi connectivity index (χ0v) is 14.0. The Morgan fingerprint density at radius 1 is 1.19 bits per heavy atom. The van der Waals surface area contributed by atoms with Gasteiger partial charge in [-0.25, -0.2) is 5.43 Å². The second kappa shape index (κ2) is 10.3. The van der Waals surface area contributed by atoms with Crippen LogP contribution >= 0.6 is 0 Å². The first-order valence-corrected chi connectivity index (χ1v) is 7.19. The van der Waals surface area contributed by atoms with Crippen molar-refractivity contribution >= 4 is 11.8 Å². The minimum absolute atomic E-state index is 0.00435. The summed E-state index contributed by atoms with van der Waals surface area (Å²) in [5, 5.41) is 0. The number of hydrogen-bond acceptors (Lipinski definition) is 10. The van der Waals surface area contributed by atoms with Crippen LogP contribution in [0.5, 0.6) is 0 Å². The Morgan fingerprint density at radius 2 is 1.92 bits per heavy atom. The summed E-state index contributed by atoms with van der Waals surface area (Å²) in [6.07, 6.45) is 0.372. The van der Waals surface area contributed by atoms with Gasteiger partial charge in [0.1, 0.15) is 13.6 Å². The number of nitrogens with one attached hydrogen (secondary N) is 2. The SMILES string of the molecule is COCOC(OCOC)c1ccc([N+](=O)ONNC(=O)c2ccco2)o1. The van der Waals surface area contributed by atoms with Crippen molar-refractivity contribution in [1.82, 2.24) is 11.0 Å². The molecule has 1 amide bonds. The van der Waals surface area contributed by atoms with Gasteiger partial charge in [0.05, 0.1) is 17.2 Å². The zero-order valence-electron chi connectivity index (χ0n) is 14.0. The number of rotatable bonds is 12. The Bertz CT molecular complexity index is 678. The van der Waals surface area contributed by atoms with Crippen LogP contribution in [0.3, 0.4) is 0 Å². The van der Waals surface area contributed by atoms with Crippen LogP contribution in [0.4, 0.5) is 5.88 Å². The summed E-state index contributed by atoms with van der Waals surface area (Å²) < 4.78 is 30.3. The molecule has 0 saturated heterocycles. The molecule has 0 aliphatic heterocycles. The van der Waals surface area contributed by atoms with Gasteiger partial charge in [0.25, 0.3) is 0 Å². The number of methoxy groups -OCH3 is 2. The van der Waals surface area contributed by atoms with Crippen molar-refractivity contribution in [3.05, 3.63) is 47.0 Å². The Labute approximate surface area is 147 Å². The Balaban J connectivity index is 1.86. The van der Waals surface area contributed by atoms with E-state index in [1.54, 1.807) is 0 Å². The number of amides is 1. The van der Waals surface area contributed by atoms with E-state index in [-0.39, 0.29) is 35.9 Å². The average molecular weight is 372 g/mol. The molecule has 142 valence electrons. The maximum atomic E-state index is 11.8. The average Bonchev–Trinajstić information content (AvgIpc) is 3.33. The van der Waals surface area contributed by atoms with Crippen molar-refractivity contribution in [2.45, 2.75) is 6.29 Å². The normalized spacial score (nSPS) is 10.9. The van der Waals surface area contributed by atoms with Crippen molar-refractivity contribution < 1.29 is 42.4 Å². The molecule has 0 fully saturated rings. The number of hydrazine groups is 1. The van der Waals surface area contributed by atoms with E-state index in [2.05, 4.69) is 10.4 Å². The second-order valence-electron chi connectivity index (χ2n) is 4.54. The van der Waals surface area contributed by atoms with Gasteiger partial charge in [0.15, 0.2) is 11.5 Å². The van der Waals surface area contributed by atoms with Crippen molar-refractivity contribution in [2.24, 2.45) is 0 Å². The van der Waals surface area contributed by atoms with E-state index in [1.807, 2.05) is 5.59 Å². The van der Waals surface area contributed by atoms with Gasteiger partial charge in [-0.15, -0.1) is 0 Å². The van der Waals surface area contributed by atoms with Gasteiger partial charge >= 0.3 is 16.7 Å². The van der Waals surface area contributed by atoms with Gasteiger partial charge in [-0.05, 0) is 18.2 Å². The Morgan fingerprint density at radius 3 is 2.54 bits per heavy atom. The van der Waals surface area contributed by atoms with E-state index in [0.717, 1.165) is 0 Å². The predicted octanol–water partition coefficient (Wildman–Crippen LogP) is 1.30. The highest BCUT2D eigenvalue weighted by Gasteiger charge is 2.27. The van der Waals surface area contributed by atoms with Crippen LogP contribution in [0.15, 0.2) is 39.4 Å². The topological polar surface area (TPSA) is 134 Å². The fourth-order valence-corrected chi connectivity index (χ4v) is 1.66. The summed E-state index contributed by atoms with van der Waals surface area (Å²) in [6.45, 7) is -0.134. The first-order chi connectivity index (χ1) is 12.7. The highest BCUT2D eigenvalue weighted by Crippen LogP contribution is 2.25. The number of ether oxygens (including phenoxy) is 4. The minimum atomic E-state index is -0.955. The fraction of sp³-hybridized carbons (Fsp3) is 0.357. The van der Waals surface area contributed by atoms with Crippen molar-refractivity contribution in [3.8, 4) is 0 Å². The molecule has 0 aliphatic rings. The highest BCUT2D eigenvalue weighted by atomic mass is 16.9. The lowest BCUT2D eigenvalue weighted by Gasteiger charge is -2.14. The van der Waals surface area contributed by atoms with Crippen LogP contribution in [0.2, 0.25) is 0 Å². The summed E-state index contributed by atoms with van der Waals surface area (Å²) in [7, 11) is 2.88. The molecule has 26 heavy (non-hydrogen) atoms. The molecule has 12 heteroatoms. The lowest BCUT2D eigenvalue weighted by Crippen LogP contribution is -2.38. The maximum Gasteiger partial charge on any atom is 0.482 e. The summed E-state index contributed by atoms with van der Waals surface area (Å²) in [6, 6.07) is 5.73. The van der Waals surface area contributed by atoms with E-state index in [9.17, 15) is 9.70 Å². The minimum Gasteiger partial charge on any atom is -0.459 e. The molecule has 2 heterocycles. The van der Waals surface area contributed by atoms with Gasteiger partial charge in [0.2, 0.25) is 6.29 Å². The predicted molar refractivity (Wildman–Crippen MR) is 81.1 cm³/mol. The number of carbonyl (C=O) groups excluding carboxylic acids is 1. The molecule has 0 aromatic carbocycles. The second-order valence-corrected chi connectivity index (χ2v) is 4.54. The first-order valence-electron chi connectivity index (χ1n) is 7.19. The van der Waals surface area contributed by atoms with E-state index in [4.69, 9.17) is 27.8 Å². The summed E-state index contributed by atoms with van der Waals surface area (Å²) >= 11 is 0. The van der Waals surface area contributed by atoms with Crippen molar-refractivity contribution in [2.75, 3.05) is 27.8 Å². The Hall–Kier alpha value is -2.77. The largest absolute Gasteiger partial charge is 0.482 e. The van der Waals surface area contributed by atoms with E-state index in [0.29, 0.717) is 0 Å². The van der Waals surface area contributed by atoms with Crippen LogP contribution < -0.4 is 11.0 Å². The molecule has 0 unspecified atom stereocenters. The molecule has 0 atom stereocenters. The number of hydrogen-bond donors (Lipinski definition) is 2. The molecule has 12 nitrogen and oxygen atoms in total. The molecule has 0 radical (unpaired) electrons. The van der Waals surface area contributed by atoms with Crippen molar-refractivity contribution in [3.63, 3.8) is 0 Å². The number of carbonyl (C=O) groups is 1. The molecule has 2 aromatic rings. The molecule has 2 aromatic heterocycles. The Kier molecular flexibility index (Phi) is 7.73. The smallest absolute Gasteiger partial charge is 0.459 e. The standard InChI is InChI=1S/C14H17N3O9/c1-20-8-23-14(24-9-21-2)11-5-6-12(25-11)17(19)26-16-15-13(18)10-4-3-7-22-10/h3-7,14,16H,8-9H2,1-2H3/p+1. The van der Waals surface area contributed by atoms with Gasteiger partial charge in [0, 0.05) is 19.8 Å². The third-order valence-corrected chi connectivity index (χ3v) is 2.74. The molecule has 0 saturated carbocycles. The quantitative estimate of drug-likeness (QED) is 0.415. The first kappa shape index (κ1) is 19.6. The van der Waals surface area contributed by atoms with Gasteiger partial charge < -0.3 is 27.8 Å². The van der Waals surface area contributed by atoms with E-state index >= 15 is 0 Å². The molecule has 0 aliphatic carbocycles. The zero-order chi connectivity index (χ0) is 18.8. The molecule has 0 spiro atoms. The van der Waals surface area contributed by atoms with Crippen LogP contribution in [0, 0.1) is 4.91 Å². The number of furan rings is 2. The monoisotopic (exact) mass is 372 g/mol. The van der Waals surface area contributed by atoms with Gasteiger partial charge in [-0.3, -0.25) is 4.79 Å². The summed E-state index contributed by atoms with van der Waals surface area (Å²) in [5.74, 6) is -0.651. The summed E-state index contributed by atoms with van der Waals surface area (Å²) in [4.78, 5) is 28.0. The molecular weight excluding hydrogens is 354 g/mol. The molecule has 2 rings (SSSR count). The molecule has 2 N–H and O–H groups in total. The van der Waals surface area contributed by atoms with E-state index < -0.39 is 12.2 Å².